The van der Waals surface area contributed by atoms with E-state index < -0.39 is 5.60 Å². The van der Waals surface area contributed by atoms with Gasteiger partial charge in [0.1, 0.15) is 0 Å². The van der Waals surface area contributed by atoms with Crippen molar-refractivity contribution in [3.05, 3.63) is 0 Å². The second-order valence-electron chi connectivity index (χ2n) is 6.15. The van der Waals surface area contributed by atoms with Crippen LogP contribution in [0.5, 0.6) is 0 Å². The van der Waals surface area contributed by atoms with Gasteiger partial charge in [0.15, 0.2) is 0 Å². The van der Waals surface area contributed by atoms with Gasteiger partial charge in [-0.1, -0.05) is 0 Å². The molecule has 1 saturated heterocycles. The molecular weight excluding hydrogens is 200 g/mol. The van der Waals surface area contributed by atoms with Crippen molar-refractivity contribution in [2.75, 3.05) is 27.2 Å². The third-order valence-electron chi connectivity index (χ3n) is 4.49. The Labute approximate surface area is 100 Å². The summed E-state index contributed by atoms with van der Waals surface area (Å²) >= 11 is 0. The van der Waals surface area contributed by atoms with Gasteiger partial charge in [0.2, 0.25) is 0 Å². The number of aliphatic hydroxyl groups is 1. The normalized spacial score (nSPS) is 29.1. The first-order valence-corrected chi connectivity index (χ1v) is 6.34. The number of β-amino-alcohol motifs (C(OH)–C–C–N with tert-alkyl or cyclic N) is 1. The Balaban J connectivity index is 2.84. The molecule has 1 aliphatic heterocycles. The second-order valence-corrected chi connectivity index (χ2v) is 6.15. The molecule has 3 heteroatoms. The molecule has 1 unspecified atom stereocenters. The smallest absolute Gasteiger partial charge is 0.0951 e. The van der Waals surface area contributed by atoms with Crippen LogP contribution < -0.4 is 0 Å². The second kappa shape index (κ2) is 4.63. The van der Waals surface area contributed by atoms with Gasteiger partial charge in [-0.25, -0.2) is 0 Å². The number of rotatable bonds is 3. The summed E-state index contributed by atoms with van der Waals surface area (Å²) in [6.45, 7) is 10.6. The maximum Gasteiger partial charge on any atom is 0.0951 e. The fourth-order valence-electron chi connectivity index (χ4n) is 2.43. The minimum absolute atomic E-state index is 0.180. The van der Waals surface area contributed by atoms with Crippen LogP contribution in [0.4, 0.5) is 0 Å². The number of hydrogen-bond acceptors (Lipinski definition) is 3. The molecule has 96 valence electrons. The Morgan fingerprint density at radius 1 is 1.31 bits per heavy atom. The zero-order valence-corrected chi connectivity index (χ0v) is 11.7. The van der Waals surface area contributed by atoms with E-state index in [1.807, 2.05) is 14.1 Å². The maximum atomic E-state index is 10.9. The van der Waals surface area contributed by atoms with E-state index in [1.165, 1.54) is 0 Å². The molecule has 0 aromatic rings. The summed E-state index contributed by atoms with van der Waals surface area (Å²) < 4.78 is 0. The van der Waals surface area contributed by atoms with Crippen LogP contribution in [-0.4, -0.2) is 59.3 Å². The Bertz CT molecular complexity index is 238. The van der Waals surface area contributed by atoms with Crippen molar-refractivity contribution in [1.29, 1.82) is 0 Å². The van der Waals surface area contributed by atoms with Crippen molar-refractivity contribution in [2.45, 2.75) is 57.7 Å². The van der Waals surface area contributed by atoms with Gasteiger partial charge in [-0.15, -0.1) is 0 Å². The third-order valence-corrected chi connectivity index (χ3v) is 4.49. The van der Waals surface area contributed by atoms with Crippen LogP contribution in [0.3, 0.4) is 0 Å². The summed E-state index contributed by atoms with van der Waals surface area (Å²) in [7, 11) is 4.10. The topological polar surface area (TPSA) is 26.7 Å². The molecular formula is C13H28N2O. The van der Waals surface area contributed by atoms with E-state index in [9.17, 15) is 5.11 Å². The Morgan fingerprint density at radius 3 is 2.31 bits per heavy atom. The first kappa shape index (κ1) is 13.9. The number of hydrogen-bond donors (Lipinski definition) is 1. The minimum Gasteiger partial charge on any atom is -0.387 e. The molecule has 1 aliphatic rings. The molecule has 1 rings (SSSR count). The maximum absolute atomic E-state index is 10.9. The molecule has 0 spiro atoms. The van der Waals surface area contributed by atoms with Crippen LogP contribution in [-0.2, 0) is 0 Å². The highest BCUT2D eigenvalue weighted by Gasteiger charge is 2.47. The standard InChI is InChI=1S/C13H28N2O/c1-11(2)15-9-7-8-13(16,10-15)12(3,4)14(5)6/h11,16H,7-10H2,1-6H3. The fourth-order valence-corrected chi connectivity index (χ4v) is 2.43. The molecule has 1 N–H and O–H groups in total. The van der Waals surface area contributed by atoms with E-state index in [4.69, 9.17) is 0 Å². The number of nitrogens with zero attached hydrogens (tertiary/aromatic N) is 2. The zero-order chi connectivity index (χ0) is 12.6. The van der Waals surface area contributed by atoms with E-state index in [0.29, 0.717) is 6.04 Å². The molecule has 3 nitrogen and oxygen atoms in total. The van der Waals surface area contributed by atoms with Gasteiger partial charge in [0.05, 0.1) is 5.60 Å². The summed E-state index contributed by atoms with van der Waals surface area (Å²) in [4.78, 5) is 4.52. The van der Waals surface area contributed by atoms with Gasteiger partial charge in [-0.3, -0.25) is 4.90 Å². The highest BCUT2D eigenvalue weighted by atomic mass is 16.3. The van der Waals surface area contributed by atoms with Gasteiger partial charge in [0.25, 0.3) is 0 Å². The molecule has 16 heavy (non-hydrogen) atoms. The van der Waals surface area contributed by atoms with E-state index >= 15 is 0 Å². The summed E-state index contributed by atoms with van der Waals surface area (Å²) in [5.41, 5.74) is -0.778. The lowest BCUT2D eigenvalue weighted by Gasteiger charge is -2.52. The van der Waals surface area contributed by atoms with E-state index in [0.717, 1.165) is 25.9 Å². The lowest BCUT2D eigenvalue weighted by Crippen LogP contribution is -2.65. The van der Waals surface area contributed by atoms with Gasteiger partial charge < -0.3 is 10.0 Å². The Hall–Kier alpha value is -0.120. The summed E-state index contributed by atoms with van der Waals surface area (Å²) in [5, 5.41) is 10.9. The van der Waals surface area contributed by atoms with Gasteiger partial charge in [0, 0.05) is 18.1 Å². The molecule has 0 bridgehead atoms. The Kier molecular flexibility index (Phi) is 4.04. The fraction of sp³-hybridized carbons (Fsp3) is 1.00. The van der Waals surface area contributed by atoms with Gasteiger partial charge in [-0.2, -0.15) is 0 Å². The van der Waals surface area contributed by atoms with Crippen molar-refractivity contribution in [1.82, 2.24) is 9.80 Å². The number of likely N-dealkylation sites (tertiary alicyclic amines) is 1. The van der Waals surface area contributed by atoms with Gasteiger partial charge >= 0.3 is 0 Å². The van der Waals surface area contributed by atoms with E-state index in [2.05, 4.69) is 37.5 Å². The van der Waals surface area contributed by atoms with Crippen LogP contribution in [0.25, 0.3) is 0 Å². The molecule has 0 saturated carbocycles. The quantitative estimate of drug-likeness (QED) is 0.794. The van der Waals surface area contributed by atoms with Crippen molar-refractivity contribution in [2.24, 2.45) is 0 Å². The van der Waals surface area contributed by atoms with E-state index in [1.54, 1.807) is 0 Å². The average Bonchev–Trinajstić information content (AvgIpc) is 2.17. The SMILES string of the molecule is CC(C)N1CCCC(O)(C(C)(C)N(C)C)C1. The Morgan fingerprint density at radius 2 is 1.88 bits per heavy atom. The lowest BCUT2D eigenvalue weighted by molar-refractivity contribution is -0.125. The summed E-state index contributed by atoms with van der Waals surface area (Å²) in [6, 6.07) is 0.518. The van der Waals surface area contributed by atoms with Crippen LogP contribution in [0.1, 0.15) is 40.5 Å². The average molecular weight is 228 g/mol. The minimum atomic E-state index is -0.598. The highest BCUT2D eigenvalue weighted by molar-refractivity contribution is 5.03. The molecule has 1 heterocycles. The largest absolute Gasteiger partial charge is 0.387 e. The van der Waals surface area contributed by atoms with Crippen LogP contribution in [0.15, 0.2) is 0 Å². The molecule has 0 aromatic heterocycles. The lowest BCUT2D eigenvalue weighted by atomic mass is 9.75. The summed E-state index contributed by atoms with van der Waals surface area (Å²) in [5.74, 6) is 0. The first-order valence-electron chi connectivity index (χ1n) is 6.34. The van der Waals surface area contributed by atoms with Crippen molar-refractivity contribution >= 4 is 0 Å². The monoisotopic (exact) mass is 228 g/mol. The predicted molar refractivity (Wildman–Crippen MR) is 68.7 cm³/mol. The third kappa shape index (κ3) is 2.41. The van der Waals surface area contributed by atoms with Crippen LogP contribution >= 0.6 is 0 Å². The van der Waals surface area contributed by atoms with Crippen molar-refractivity contribution < 1.29 is 5.11 Å². The van der Waals surface area contributed by atoms with Gasteiger partial charge in [-0.05, 0) is 61.2 Å². The molecule has 0 amide bonds. The van der Waals surface area contributed by atoms with Crippen molar-refractivity contribution in [3.63, 3.8) is 0 Å². The molecule has 0 aliphatic carbocycles. The predicted octanol–water partition coefficient (Wildman–Crippen LogP) is 1.56. The zero-order valence-electron chi connectivity index (χ0n) is 11.7. The van der Waals surface area contributed by atoms with E-state index in [-0.39, 0.29) is 5.54 Å². The van der Waals surface area contributed by atoms with Crippen LogP contribution in [0, 0.1) is 0 Å². The first-order chi connectivity index (χ1) is 7.21. The number of piperidine rings is 1. The molecule has 1 atom stereocenters. The number of likely N-dealkylation sites (N-methyl/N-ethyl adjacent to an activating group) is 1. The highest BCUT2D eigenvalue weighted by Crippen LogP contribution is 2.35. The molecule has 0 radical (unpaired) electrons. The van der Waals surface area contributed by atoms with Crippen molar-refractivity contribution in [3.8, 4) is 0 Å². The van der Waals surface area contributed by atoms with Crippen LogP contribution in [0.2, 0.25) is 0 Å². The molecule has 1 fully saturated rings. The summed E-state index contributed by atoms with van der Waals surface area (Å²) in [6.07, 6.45) is 1.99. The molecule has 0 aromatic carbocycles.